The van der Waals surface area contributed by atoms with E-state index in [1.807, 2.05) is 19.1 Å². The molecule has 1 N–H and O–H groups in total. The minimum Gasteiger partial charge on any atom is -0.366 e. The standard InChI is InChI=1S/C14H26N4/c1-5-18(6-2)11-7-8-12(3)15-14-10-9-13(4)16-17-14/h9-10,12H,5-8,11H2,1-4H3,(H,15,17). The molecule has 1 aromatic rings. The number of rotatable bonds is 8. The van der Waals surface area contributed by atoms with Crippen molar-refractivity contribution in [3.63, 3.8) is 0 Å². The lowest BCUT2D eigenvalue weighted by Gasteiger charge is -2.19. The number of aryl methyl sites for hydroxylation is 1. The lowest BCUT2D eigenvalue weighted by molar-refractivity contribution is 0.295. The molecule has 0 saturated carbocycles. The summed E-state index contributed by atoms with van der Waals surface area (Å²) in [5.41, 5.74) is 0.953. The van der Waals surface area contributed by atoms with Gasteiger partial charge in [-0.3, -0.25) is 0 Å². The third-order valence-corrected chi connectivity index (χ3v) is 3.20. The molecule has 0 aliphatic rings. The molecule has 0 bridgehead atoms. The third kappa shape index (κ3) is 5.45. The minimum atomic E-state index is 0.442. The molecule has 1 atom stereocenters. The molecule has 4 heteroatoms. The molecule has 1 unspecified atom stereocenters. The predicted octanol–water partition coefficient (Wildman–Crippen LogP) is 2.71. The molecule has 1 aromatic heterocycles. The number of nitrogens with zero attached hydrogens (tertiary/aromatic N) is 3. The smallest absolute Gasteiger partial charge is 0.148 e. The summed E-state index contributed by atoms with van der Waals surface area (Å²) in [7, 11) is 0. The second-order valence-corrected chi connectivity index (χ2v) is 4.77. The van der Waals surface area contributed by atoms with Crippen molar-refractivity contribution in [2.24, 2.45) is 0 Å². The van der Waals surface area contributed by atoms with Crippen LogP contribution in [0.1, 0.15) is 39.3 Å². The molecule has 102 valence electrons. The lowest BCUT2D eigenvalue weighted by atomic mass is 10.1. The van der Waals surface area contributed by atoms with Crippen molar-refractivity contribution in [3.05, 3.63) is 17.8 Å². The highest BCUT2D eigenvalue weighted by Crippen LogP contribution is 2.07. The van der Waals surface area contributed by atoms with Gasteiger partial charge in [-0.15, -0.1) is 5.10 Å². The zero-order valence-electron chi connectivity index (χ0n) is 12.1. The van der Waals surface area contributed by atoms with Crippen molar-refractivity contribution in [1.82, 2.24) is 15.1 Å². The molecule has 0 saturated heterocycles. The molecule has 0 spiro atoms. The number of aromatic nitrogens is 2. The molecule has 0 aliphatic carbocycles. The van der Waals surface area contributed by atoms with E-state index in [4.69, 9.17) is 0 Å². The van der Waals surface area contributed by atoms with E-state index in [2.05, 4.69) is 41.2 Å². The van der Waals surface area contributed by atoms with Gasteiger partial charge in [0.1, 0.15) is 5.82 Å². The van der Waals surface area contributed by atoms with Gasteiger partial charge in [0, 0.05) is 6.04 Å². The normalized spacial score (nSPS) is 12.7. The van der Waals surface area contributed by atoms with Gasteiger partial charge in [0.05, 0.1) is 5.69 Å². The Labute approximate surface area is 111 Å². The number of anilines is 1. The Balaban J connectivity index is 2.25. The van der Waals surface area contributed by atoms with Gasteiger partial charge in [0.25, 0.3) is 0 Å². The van der Waals surface area contributed by atoms with Gasteiger partial charge >= 0.3 is 0 Å². The fraction of sp³-hybridized carbons (Fsp3) is 0.714. The first-order chi connectivity index (χ1) is 8.65. The Bertz CT molecular complexity index is 319. The van der Waals surface area contributed by atoms with Crippen LogP contribution in [-0.2, 0) is 0 Å². The largest absolute Gasteiger partial charge is 0.366 e. The molecule has 1 rings (SSSR count). The summed E-state index contributed by atoms with van der Waals surface area (Å²) >= 11 is 0. The zero-order chi connectivity index (χ0) is 13.4. The van der Waals surface area contributed by atoms with Crippen LogP contribution in [0.2, 0.25) is 0 Å². The van der Waals surface area contributed by atoms with Crippen LogP contribution in [0, 0.1) is 6.92 Å². The van der Waals surface area contributed by atoms with Gasteiger partial charge in [-0.05, 0) is 58.5 Å². The second-order valence-electron chi connectivity index (χ2n) is 4.77. The molecule has 0 radical (unpaired) electrons. The average molecular weight is 250 g/mol. The highest BCUT2D eigenvalue weighted by atomic mass is 15.2. The molecule has 0 aromatic carbocycles. The van der Waals surface area contributed by atoms with Gasteiger partial charge in [0.15, 0.2) is 0 Å². The van der Waals surface area contributed by atoms with E-state index in [1.54, 1.807) is 0 Å². The summed E-state index contributed by atoms with van der Waals surface area (Å²) in [6.07, 6.45) is 2.38. The Morgan fingerprint density at radius 3 is 2.50 bits per heavy atom. The van der Waals surface area contributed by atoms with Gasteiger partial charge in [-0.25, -0.2) is 0 Å². The van der Waals surface area contributed by atoms with Crippen LogP contribution in [-0.4, -0.2) is 40.8 Å². The molecule has 4 nitrogen and oxygen atoms in total. The van der Waals surface area contributed by atoms with E-state index in [0.717, 1.165) is 31.0 Å². The van der Waals surface area contributed by atoms with Crippen molar-refractivity contribution in [2.45, 2.75) is 46.6 Å². The summed E-state index contributed by atoms with van der Waals surface area (Å²) < 4.78 is 0. The molecule has 1 heterocycles. The van der Waals surface area contributed by atoms with E-state index in [1.165, 1.54) is 13.0 Å². The quantitative estimate of drug-likeness (QED) is 0.770. The first-order valence-electron chi connectivity index (χ1n) is 6.95. The van der Waals surface area contributed by atoms with Gasteiger partial charge in [0.2, 0.25) is 0 Å². The Hall–Kier alpha value is -1.16. The SMILES string of the molecule is CCN(CC)CCCC(C)Nc1ccc(C)nn1. The fourth-order valence-electron chi connectivity index (χ4n) is 1.96. The first kappa shape index (κ1) is 14.9. The van der Waals surface area contributed by atoms with Crippen molar-refractivity contribution < 1.29 is 0 Å². The molecule has 0 aliphatic heterocycles. The topological polar surface area (TPSA) is 41.0 Å². The number of hydrogen-bond donors (Lipinski definition) is 1. The van der Waals surface area contributed by atoms with Crippen LogP contribution in [0.15, 0.2) is 12.1 Å². The highest BCUT2D eigenvalue weighted by Gasteiger charge is 2.05. The summed E-state index contributed by atoms with van der Waals surface area (Å²) in [6.45, 7) is 12.0. The van der Waals surface area contributed by atoms with Gasteiger partial charge in [-0.1, -0.05) is 13.8 Å². The Morgan fingerprint density at radius 1 is 1.22 bits per heavy atom. The van der Waals surface area contributed by atoms with Crippen molar-refractivity contribution in [3.8, 4) is 0 Å². The second kappa shape index (κ2) is 8.03. The summed E-state index contributed by atoms with van der Waals surface area (Å²) in [5, 5.41) is 11.6. The minimum absolute atomic E-state index is 0.442. The lowest BCUT2D eigenvalue weighted by Crippen LogP contribution is -2.25. The zero-order valence-corrected chi connectivity index (χ0v) is 12.1. The van der Waals surface area contributed by atoms with Crippen LogP contribution in [0.25, 0.3) is 0 Å². The van der Waals surface area contributed by atoms with Crippen molar-refractivity contribution >= 4 is 5.82 Å². The number of hydrogen-bond acceptors (Lipinski definition) is 4. The summed E-state index contributed by atoms with van der Waals surface area (Å²) in [4.78, 5) is 2.46. The monoisotopic (exact) mass is 250 g/mol. The fourth-order valence-corrected chi connectivity index (χ4v) is 1.96. The maximum absolute atomic E-state index is 4.12. The highest BCUT2D eigenvalue weighted by molar-refractivity contribution is 5.33. The Morgan fingerprint density at radius 2 is 1.94 bits per heavy atom. The van der Waals surface area contributed by atoms with Crippen molar-refractivity contribution in [1.29, 1.82) is 0 Å². The van der Waals surface area contributed by atoms with E-state index in [9.17, 15) is 0 Å². The van der Waals surface area contributed by atoms with Crippen LogP contribution in [0.5, 0.6) is 0 Å². The molecule has 18 heavy (non-hydrogen) atoms. The van der Waals surface area contributed by atoms with E-state index in [-0.39, 0.29) is 0 Å². The molecule has 0 amide bonds. The van der Waals surface area contributed by atoms with Crippen LogP contribution in [0.3, 0.4) is 0 Å². The van der Waals surface area contributed by atoms with Crippen molar-refractivity contribution in [2.75, 3.05) is 25.0 Å². The van der Waals surface area contributed by atoms with Gasteiger partial charge < -0.3 is 10.2 Å². The Kier molecular flexibility index (Phi) is 6.65. The maximum Gasteiger partial charge on any atom is 0.148 e. The average Bonchev–Trinajstić information content (AvgIpc) is 2.37. The molecule has 0 fully saturated rings. The predicted molar refractivity (Wildman–Crippen MR) is 76.9 cm³/mol. The summed E-state index contributed by atoms with van der Waals surface area (Å²) in [5.74, 6) is 0.871. The third-order valence-electron chi connectivity index (χ3n) is 3.20. The maximum atomic E-state index is 4.12. The van der Waals surface area contributed by atoms with Crippen LogP contribution in [0.4, 0.5) is 5.82 Å². The number of nitrogens with one attached hydrogen (secondary N) is 1. The summed E-state index contributed by atoms with van der Waals surface area (Å²) in [6, 6.07) is 4.42. The van der Waals surface area contributed by atoms with E-state index >= 15 is 0 Å². The van der Waals surface area contributed by atoms with E-state index < -0.39 is 0 Å². The molecular weight excluding hydrogens is 224 g/mol. The van der Waals surface area contributed by atoms with E-state index in [0.29, 0.717) is 6.04 Å². The van der Waals surface area contributed by atoms with Crippen LogP contribution >= 0.6 is 0 Å². The first-order valence-corrected chi connectivity index (χ1v) is 6.95. The van der Waals surface area contributed by atoms with Crippen LogP contribution < -0.4 is 5.32 Å². The molecular formula is C14H26N4. The van der Waals surface area contributed by atoms with Gasteiger partial charge in [-0.2, -0.15) is 5.10 Å².